The summed E-state index contributed by atoms with van der Waals surface area (Å²) in [5, 5.41) is 2.74. The third kappa shape index (κ3) is 3.20. The molecule has 0 aromatic carbocycles. The van der Waals surface area contributed by atoms with Crippen molar-refractivity contribution in [1.29, 1.82) is 0 Å². The lowest BCUT2D eigenvalue weighted by molar-refractivity contribution is -0.120. The first-order valence-electron chi connectivity index (χ1n) is 3.51. The standard InChI is InChI=1S/C7H14BrNO/c1-4-9-7(10)6(8)5(2)3/h5-6H,4H2,1-3H3,(H,9,10). The van der Waals surface area contributed by atoms with Crippen molar-refractivity contribution in [3.05, 3.63) is 0 Å². The molecule has 0 rings (SSSR count). The van der Waals surface area contributed by atoms with E-state index in [-0.39, 0.29) is 10.7 Å². The van der Waals surface area contributed by atoms with Crippen molar-refractivity contribution in [3.8, 4) is 0 Å². The van der Waals surface area contributed by atoms with Crippen LogP contribution in [-0.2, 0) is 4.79 Å². The molecule has 1 N–H and O–H groups in total. The Kier molecular flexibility index (Phi) is 4.69. The van der Waals surface area contributed by atoms with Gasteiger partial charge in [0.25, 0.3) is 0 Å². The molecule has 0 saturated carbocycles. The number of carbonyl (C=O) groups excluding carboxylic acids is 1. The quantitative estimate of drug-likeness (QED) is 0.700. The molecular weight excluding hydrogens is 194 g/mol. The van der Waals surface area contributed by atoms with Gasteiger partial charge in [0.1, 0.15) is 0 Å². The molecule has 60 valence electrons. The minimum atomic E-state index is -0.0487. The number of hydrogen-bond acceptors (Lipinski definition) is 1. The highest BCUT2D eigenvalue weighted by Crippen LogP contribution is 2.11. The van der Waals surface area contributed by atoms with Crippen LogP contribution in [0.1, 0.15) is 20.8 Å². The Balaban J connectivity index is 3.71. The first-order chi connectivity index (χ1) is 4.59. The van der Waals surface area contributed by atoms with E-state index in [0.717, 1.165) is 0 Å². The van der Waals surface area contributed by atoms with E-state index in [1.807, 2.05) is 20.8 Å². The normalized spacial score (nSPS) is 13.3. The molecule has 0 aromatic rings. The van der Waals surface area contributed by atoms with Crippen LogP contribution in [0, 0.1) is 5.92 Å². The van der Waals surface area contributed by atoms with Crippen LogP contribution in [0.15, 0.2) is 0 Å². The predicted molar refractivity (Wildman–Crippen MR) is 46.2 cm³/mol. The number of amides is 1. The zero-order chi connectivity index (χ0) is 8.15. The molecule has 1 amide bonds. The average Bonchev–Trinajstić information content (AvgIpc) is 1.87. The predicted octanol–water partition coefficient (Wildman–Crippen LogP) is 1.54. The van der Waals surface area contributed by atoms with Crippen LogP contribution in [0.25, 0.3) is 0 Å². The fraction of sp³-hybridized carbons (Fsp3) is 0.857. The molecule has 1 atom stereocenters. The van der Waals surface area contributed by atoms with E-state index >= 15 is 0 Å². The van der Waals surface area contributed by atoms with E-state index < -0.39 is 0 Å². The Morgan fingerprint density at radius 1 is 1.60 bits per heavy atom. The topological polar surface area (TPSA) is 29.1 Å². The summed E-state index contributed by atoms with van der Waals surface area (Å²) in [5.41, 5.74) is 0. The van der Waals surface area contributed by atoms with Gasteiger partial charge in [-0.3, -0.25) is 4.79 Å². The van der Waals surface area contributed by atoms with Gasteiger partial charge in [-0.05, 0) is 12.8 Å². The summed E-state index contributed by atoms with van der Waals surface area (Å²) in [6.07, 6.45) is 0. The van der Waals surface area contributed by atoms with Gasteiger partial charge in [-0.25, -0.2) is 0 Å². The Hall–Kier alpha value is -0.0500. The largest absolute Gasteiger partial charge is 0.355 e. The van der Waals surface area contributed by atoms with Crippen LogP contribution in [0.2, 0.25) is 0 Å². The van der Waals surface area contributed by atoms with E-state index in [1.165, 1.54) is 0 Å². The van der Waals surface area contributed by atoms with Gasteiger partial charge in [-0.15, -0.1) is 0 Å². The summed E-state index contributed by atoms with van der Waals surface area (Å²) in [4.78, 5) is 11.0. The maximum Gasteiger partial charge on any atom is 0.234 e. The molecule has 0 fully saturated rings. The van der Waals surface area contributed by atoms with E-state index in [2.05, 4.69) is 21.2 Å². The lowest BCUT2D eigenvalue weighted by atomic mass is 10.1. The van der Waals surface area contributed by atoms with Gasteiger partial charge in [-0.2, -0.15) is 0 Å². The Bertz CT molecular complexity index is 114. The van der Waals surface area contributed by atoms with Gasteiger partial charge in [0.05, 0.1) is 4.83 Å². The minimum Gasteiger partial charge on any atom is -0.355 e. The molecule has 3 heteroatoms. The second-order valence-corrected chi connectivity index (χ2v) is 3.53. The van der Waals surface area contributed by atoms with Crippen LogP contribution < -0.4 is 5.32 Å². The van der Waals surface area contributed by atoms with Crippen LogP contribution in [0.3, 0.4) is 0 Å². The molecule has 0 bridgehead atoms. The molecule has 1 unspecified atom stereocenters. The van der Waals surface area contributed by atoms with Crippen LogP contribution in [-0.4, -0.2) is 17.3 Å². The maximum absolute atomic E-state index is 11.0. The third-order valence-corrected chi connectivity index (χ3v) is 2.66. The summed E-state index contributed by atoms with van der Waals surface area (Å²) in [6.45, 7) is 6.63. The van der Waals surface area contributed by atoms with Crippen LogP contribution in [0.5, 0.6) is 0 Å². The second-order valence-electron chi connectivity index (χ2n) is 2.54. The van der Waals surface area contributed by atoms with Crippen molar-refractivity contribution in [2.45, 2.75) is 25.6 Å². The van der Waals surface area contributed by atoms with Crippen LogP contribution in [0.4, 0.5) is 0 Å². The van der Waals surface area contributed by atoms with Crippen LogP contribution >= 0.6 is 15.9 Å². The Morgan fingerprint density at radius 2 is 2.10 bits per heavy atom. The number of carbonyl (C=O) groups is 1. The van der Waals surface area contributed by atoms with E-state index in [4.69, 9.17) is 0 Å². The number of nitrogens with one attached hydrogen (secondary N) is 1. The molecule has 2 nitrogen and oxygen atoms in total. The molecule has 0 heterocycles. The number of hydrogen-bond donors (Lipinski definition) is 1. The van der Waals surface area contributed by atoms with Crippen molar-refractivity contribution in [1.82, 2.24) is 5.32 Å². The maximum atomic E-state index is 11.0. The monoisotopic (exact) mass is 207 g/mol. The summed E-state index contributed by atoms with van der Waals surface area (Å²) in [6, 6.07) is 0. The summed E-state index contributed by atoms with van der Waals surface area (Å²) >= 11 is 3.30. The molecule has 0 spiro atoms. The van der Waals surface area contributed by atoms with Crippen molar-refractivity contribution < 1.29 is 4.79 Å². The Labute approximate surface area is 70.5 Å². The van der Waals surface area contributed by atoms with E-state index in [0.29, 0.717) is 12.5 Å². The fourth-order valence-electron chi connectivity index (χ4n) is 0.574. The highest BCUT2D eigenvalue weighted by atomic mass is 79.9. The first kappa shape index (κ1) is 9.95. The van der Waals surface area contributed by atoms with E-state index in [9.17, 15) is 4.79 Å². The SMILES string of the molecule is CCNC(=O)C(Br)C(C)C. The van der Waals surface area contributed by atoms with Crippen molar-refractivity contribution in [2.75, 3.05) is 6.54 Å². The lowest BCUT2D eigenvalue weighted by Gasteiger charge is -2.11. The zero-order valence-corrected chi connectivity index (χ0v) is 8.23. The van der Waals surface area contributed by atoms with Gasteiger partial charge in [0.2, 0.25) is 5.91 Å². The summed E-state index contributed by atoms with van der Waals surface area (Å²) < 4.78 is 0. The molecule has 10 heavy (non-hydrogen) atoms. The van der Waals surface area contributed by atoms with Crippen molar-refractivity contribution >= 4 is 21.8 Å². The smallest absolute Gasteiger partial charge is 0.234 e. The molecule has 0 aliphatic rings. The average molecular weight is 208 g/mol. The second kappa shape index (κ2) is 4.72. The molecule has 0 aromatic heterocycles. The number of alkyl halides is 1. The molecule has 0 radical (unpaired) electrons. The molecule has 0 aliphatic heterocycles. The number of rotatable bonds is 3. The first-order valence-corrected chi connectivity index (χ1v) is 4.43. The Morgan fingerprint density at radius 3 is 2.40 bits per heavy atom. The molecule has 0 aliphatic carbocycles. The van der Waals surface area contributed by atoms with Gasteiger partial charge >= 0.3 is 0 Å². The van der Waals surface area contributed by atoms with Gasteiger partial charge in [-0.1, -0.05) is 29.8 Å². The van der Waals surface area contributed by atoms with Gasteiger partial charge < -0.3 is 5.32 Å². The third-order valence-electron chi connectivity index (χ3n) is 1.19. The number of halogens is 1. The van der Waals surface area contributed by atoms with Gasteiger partial charge in [0, 0.05) is 6.54 Å². The minimum absolute atomic E-state index is 0.0487. The molecular formula is C7H14BrNO. The lowest BCUT2D eigenvalue weighted by Crippen LogP contribution is -2.33. The summed E-state index contributed by atoms with van der Waals surface area (Å²) in [5.74, 6) is 0.434. The molecule has 0 saturated heterocycles. The zero-order valence-electron chi connectivity index (χ0n) is 6.65. The fourth-order valence-corrected chi connectivity index (χ4v) is 0.736. The highest BCUT2D eigenvalue weighted by molar-refractivity contribution is 9.10. The van der Waals surface area contributed by atoms with Gasteiger partial charge in [0.15, 0.2) is 0 Å². The highest BCUT2D eigenvalue weighted by Gasteiger charge is 2.16. The van der Waals surface area contributed by atoms with Crippen molar-refractivity contribution in [2.24, 2.45) is 5.92 Å². The van der Waals surface area contributed by atoms with Crippen molar-refractivity contribution in [3.63, 3.8) is 0 Å². The summed E-state index contributed by atoms with van der Waals surface area (Å²) in [7, 11) is 0. The van der Waals surface area contributed by atoms with E-state index in [1.54, 1.807) is 0 Å².